The van der Waals surface area contributed by atoms with E-state index >= 15 is 0 Å². The van der Waals surface area contributed by atoms with Gasteiger partial charge in [-0.25, -0.2) is 0 Å². The van der Waals surface area contributed by atoms with Gasteiger partial charge in [0.1, 0.15) is 0 Å². The summed E-state index contributed by atoms with van der Waals surface area (Å²) in [5.74, 6) is 0. The molecule has 0 fully saturated rings. The monoisotopic (exact) mass is 340 g/mol. The molecule has 146 valence electrons. The highest BCUT2D eigenvalue weighted by atomic mass is 16.3. The third-order valence-corrected chi connectivity index (χ3v) is 5.65. The van der Waals surface area contributed by atoms with E-state index in [2.05, 4.69) is 20.8 Å². The maximum absolute atomic E-state index is 9.78. The first-order valence-corrected chi connectivity index (χ1v) is 11.3. The summed E-state index contributed by atoms with van der Waals surface area (Å²) in [5.41, 5.74) is 0.185. The van der Waals surface area contributed by atoms with Gasteiger partial charge in [0.25, 0.3) is 0 Å². The van der Waals surface area contributed by atoms with Gasteiger partial charge in [-0.15, -0.1) is 0 Å². The molecule has 0 aliphatic rings. The minimum absolute atomic E-state index is 0.185. The number of aliphatic hydroxyl groups is 1. The lowest BCUT2D eigenvalue weighted by molar-refractivity contribution is 0.116. The second-order valence-corrected chi connectivity index (χ2v) is 8.42. The van der Waals surface area contributed by atoms with E-state index in [-0.39, 0.29) is 5.41 Å². The van der Waals surface area contributed by atoms with Crippen molar-refractivity contribution in [2.45, 2.75) is 136 Å². The van der Waals surface area contributed by atoms with Gasteiger partial charge in [0.05, 0.1) is 0 Å². The fourth-order valence-corrected chi connectivity index (χ4v) is 3.65. The first-order valence-electron chi connectivity index (χ1n) is 11.3. The SMILES string of the molecule is CCCCCCCCCCC(C)(CO)CCCCCCCCCC. The second-order valence-electron chi connectivity index (χ2n) is 8.42. The molecule has 0 saturated carbocycles. The summed E-state index contributed by atoms with van der Waals surface area (Å²) in [6, 6.07) is 0. The smallest absolute Gasteiger partial charge is 0.0484 e. The maximum atomic E-state index is 9.78. The van der Waals surface area contributed by atoms with E-state index in [0.717, 1.165) is 0 Å². The highest BCUT2D eigenvalue weighted by molar-refractivity contribution is 4.73. The van der Waals surface area contributed by atoms with Crippen LogP contribution in [0.4, 0.5) is 0 Å². The van der Waals surface area contributed by atoms with Crippen LogP contribution in [-0.2, 0) is 0 Å². The number of aliphatic hydroxyl groups excluding tert-OH is 1. The summed E-state index contributed by atoms with van der Waals surface area (Å²) < 4.78 is 0. The van der Waals surface area contributed by atoms with Crippen LogP contribution < -0.4 is 0 Å². The number of rotatable bonds is 19. The molecule has 1 heteroatoms. The predicted octanol–water partition coefficient (Wildman–Crippen LogP) is 8.05. The molecule has 1 N–H and O–H groups in total. The molecule has 0 aromatic heterocycles. The zero-order valence-electron chi connectivity index (χ0n) is 17.4. The van der Waals surface area contributed by atoms with Crippen molar-refractivity contribution in [3.05, 3.63) is 0 Å². The Kier molecular flexibility index (Phi) is 17.7. The molecule has 0 radical (unpaired) electrons. The van der Waals surface area contributed by atoms with Crippen LogP contribution in [-0.4, -0.2) is 11.7 Å². The largest absolute Gasteiger partial charge is 0.396 e. The first-order chi connectivity index (χ1) is 11.7. The highest BCUT2D eigenvalue weighted by Crippen LogP contribution is 2.31. The molecule has 0 aliphatic carbocycles. The van der Waals surface area contributed by atoms with Crippen molar-refractivity contribution in [3.8, 4) is 0 Å². The van der Waals surface area contributed by atoms with Gasteiger partial charge in [0, 0.05) is 6.61 Å². The van der Waals surface area contributed by atoms with E-state index in [0.29, 0.717) is 6.61 Å². The molecular weight excluding hydrogens is 292 g/mol. The summed E-state index contributed by atoms with van der Waals surface area (Å²) in [4.78, 5) is 0. The van der Waals surface area contributed by atoms with E-state index in [4.69, 9.17) is 0 Å². The van der Waals surface area contributed by atoms with E-state index in [9.17, 15) is 5.11 Å². The Hall–Kier alpha value is -0.0400. The van der Waals surface area contributed by atoms with E-state index in [1.165, 1.54) is 116 Å². The number of hydrogen-bond acceptors (Lipinski definition) is 1. The third-order valence-electron chi connectivity index (χ3n) is 5.65. The average Bonchev–Trinajstić information content (AvgIpc) is 2.59. The van der Waals surface area contributed by atoms with Crippen molar-refractivity contribution >= 4 is 0 Å². The zero-order valence-corrected chi connectivity index (χ0v) is 17.4. The molecule has 0 atom stereocenters. The molecule has 0 aromatic rings. The molecular formula is C23H48O. The number of hydrogen-bond donors (Lipinski definition) is 1. The van der Waals surface area contributed by atoms with Gasteiger partial charge in [0.2, 0.25) is 0 Å². The predicted molar refractivity (Wildman–Crippen MR) is 110 cm³/mol. The summed E-state index contributed by atoms with van der Waals surface area (Å²) in [7, 11) is 0. The lowest BCUT2D eigenvalue weighted by atomic mass is 9.80. The van der Waals surface area contributed by atoms with Crippen LogP contribution in [0.2, 0.25) is 0 Å². The molecule has 0 amide bonds. The van der Waals surface area contributed by atoms with Crippen molar-refractivity contribution in [2.75, 3.05) is 6.61 Å². The Morgan fingerprint density at radius 3 is 1.08 bits per heavy atom. The minimum Gasteiger partial charge on any atom is -0.396 e. The molecule has 1 nitrogen and oxygen atoms in total. The van der Waals surface area contributed by atoms with Crippen LogP contribution >= 0.6 is 0 Å². The van der Waals surface area contributed by atoms with Gasteiger partial charge in [-0.2, -0.15) is 0 Å². The van der Waals surface area contributed by atoms with E-state index in [1.54, 1.807) is 0 Å². The first kappa shape index (κ1) is 24.0. The molecule has 0 rings (SSSR count). The van der Waals surface area contributed by atoms with Gasteiger partial charge in [0.15, 0.2) is 0 Å². The van der Waals surface area contributed by atoms with Gasteiger partial charge in [-0.1, -0.05) is 124 Å². The maximum Gasteiger partial charge on any atom is 0.0484 e. The second kappa shape index (κ2) is 17.8. The Bertz CT molecular complexity index is 216. The van der Waals surface area contributed by atoms with Crippen molar-refractivity contribution in [1.82, 2.24) is 0 Å². The molecule has 0 bridgehead atoms. The van der Waals surface area contributed by atoms with Crippen LogP contribution in [0.15, 0.2) is 0 Å². The molecule has 0 spiro atoms. The van der Waals surface area contributed by atoms with E-state index < -0.39 is 0 Å². The topological polar surface area (TPSA) is 20.2 Å². The quantitative estimate of drug-likeness (QED) is 0.236. The molecule has 0 saturated heterocycles. The van der Waals surface area contributed by atoms with Crippen LogP contribution in [0.1, 0.15) is 136 Å². The number of unbranched alkanes of at least 4 members (excludes halogenated alkanes) is 14. The summed E-state index contributed by atoms with van der Waals surface area (Å²) in [5, 5.41) is 9.78. The van der Waals surface area contributed by atoms with Gasteiger partial charge < -0.3 is 5.11 Å². The lowest BCUT2D eigenvalue weighted by Gasteiger charge is -2.27. The summed E-state index contributed by atoms with van der Waals surface area (Å²) in [6.07, 6.45) is 24.5. The highest BCUT2D eigenvalue weighted by Gasteiger charge is 2.21. The summed E-state index contributed by atoms with van der Waals surface area (Å²) in [6.45, 7) is 7.24. The van der Waals surface area contributed by atoms with Gasteiger partial charge in [-0.05, 0) is 18.3 Å². The van der Waals surface area contributed by atoms with Crippen molar-refractivity contribution in [2.24, 2.45) is 5.41 Å². The molecule has 0 aromatic carbocycles. The molecule has 0 aliphatic heterocycles. The third kappa shape index (κ3) is 15.5. The molecule has 0 unspecified atom stereocenters. The Morgan fingerprint density at radius 2 is 0.792 bits per heavy atom. The van der Waals surface area contributed by atoms with Crippen LogP contribution in [0.3, 0.4) is 0 Å². The lowest BCUT2D eigenvalue weighted by Crippen LogP contribution is -2.21. The van der Waals surface area contributed by atoms with Crippen LogP contribution in [0, 0.1) is 5.41 Å². The fourth-order valence-electron chi connectivity index (χ4n) is 3.65. The van der Waals surface area contributed by atoms with E-state index in [1.807, 2.05) is 0 Å². The average molecular weight is 341 g/mol. The van der Waals surface area contributed by atoms with Crippen molar-refractivity contribution < 1.29 is 5.11 Å². The molecule has 0 heterocycles. The Morgan fingerprint density at radius 1 is 0.500 bits per heavy atom. The summed E-state index contributed by atoms with van der Waals surface area (Å²) >= 11 is 0. The minimum atomic E-state index is 0.185. The Balaban J connectivity index is 3.51. The standard InChI is InChI=1S/C23H48O/c1-4-6-8-10-12-14-16-18-20-23(3,22-24)21-19-17-15-13-11-9-7-5-2/h24H,4-22H2,1-3H3. The fraction of sp³-hybridized carbons (Fsp3) is 1.00. The molecule has 24 heavy (non-hydrogen) atoms. The van der Waals surface area contributed by atoms with Crippen LogP contribution in [0.25, 0.3) is 0 Å². The van der Waals surface area contributed by atoms with Gasteiger partial charge >= 0.3 is 0 Å². The zero-order chi connectivity index (χ0) is 17.9. The normalized spacial score (nSPS) is 12.0. The van der Waals surface area contributed by atoms with Crippen LogP contribution in [0.5, 0.6) is 0 Å². The van der Waals surface area contributed by atoms with Crippen molar-refractivity contribution in [1.29, 1.82) is 0 Å². The Labute approximate surface area is 154 Å². The van der Waals surface area contributed by atoms with Crippen molar-refractivity contribution in [3.63, 3.8) is 0 Å². The van der Waals surface area contributed by atoms with Gasteiger partial charge in [-0.3, -0.25) is 0 Å².